The van der Waals surface area contributed by atoms with Gasteiger partial charge in [0.25, 0.3) is 0 Å². The molecule has 14 heavy (non-hydrogen) atoms. The number of hydrogen-bond donors (Lipinski definition) is 0. The Morgan fingerprint density at radius 1 is 1.36 bits per heavy atom. The summed E-state index contributed by atoms with van der Waals surface area (Å²) in [6.07, 6.45) is 0.906. The first-order valence-electron chi connectivity index (χ1n) is 4.80. The topological polar surface area (TPSA) is 13.1 Å². The maximum Gasteiger partial charge on any atom is 0.134 e. The van der Waals surface area contributed by atoms with Crippen molar-refractivity contribution in [2.24, 2.45) is 0 Å². The van der Waals surface area contributed by atoms with Crippen LogP contribution in [0.15, 0.2) is 40.8 Å². The molecule has 0 aliphatic heterocycles. The van der Waals surface area contributed by atoms with Crippen molar-refractivity contribution in [2.45, 2.75) is 20.3 Å². The minimum absolute atomic E-state index is 0.906. The molecule has 1 aromatic heterocycles. The van der Waals surface area contributed by atoms with E-state index in [0.29, 0.717) is 0 Å². The summed E-state index contributed by atoms with van der Waals surface area (Å²) in [6, 6.07) is 8.14. The largest absolute Gasteiger partial charge is 0.461 e. The van der Waals surface area contributed by atoms with Crippen molar-refractivity contribution in [2.75, 3.05) is 0 Å². The number of aryl methyl sites for hydroxylation is 1. The molecule has 72 valence electrons. The van der Waals surface area contributed by atoms with E-state index in [-0.39, 0.29) is 0 Å². The van der Waals surface area contributed by atoms with Gasteiger partial charge < -0.3 is 4.42 Å². The number of rotatable bonds is 2. The lowest BCUT2D eigenvalue weighted by Gasteiger charge is -1.98. The predicted octanol–water partition coefficient (Wildman–Crippen LogP) is 3.86. The van der Waals surface area contributed by atoms with Crippen LogP contribution >= 0.6 is 0 Å². The molecule has 0 bridgehead atoms. The lowest BCUT2D eigenvalue weighted by Crippen LogP contribution is -1.85. The third kappa shape index (κ3) is 1.46. The molecule has 0 saturated carbocycles. The Morgan fingerprint density at radius 2 is 2.07 bits per heavy atom. The Labute approximate surface area is 84.0 Å². The molecule has 1 aromatic carbocycles. The van der Waals surface area contributed by atoms with Crippen LogP contribution in [0.2, 0.25) is 0 Å². The normalized spacial score (nSPS) is 10.7. The monoisotopic (exact) mass is 186 g/mol. The highest BCUT2D eigenvalue weighted by Crippen LogP contribution is 2.26. The van der Waals surface area contributed by atoms with Gasteiger partial charge in [0, 0.05) is 10.9 Å². The van der Waals surface area contributed by atoms with Crippen LogP contribution in [0, 0.1) is 6.92 Å². The van der Waals surface area contributed by atoms with Crippen LogP contribution in [0.5, 0.6) is 0 Å². The molecular weight excluding hydrogens is 172 g/mol. The summed E-state index contributed by atoms with van der Waals surface area (Å²) in [5, 5.41) is 1.22. The molecule has 0 atom stereocenters. The molecule has 0 fully saturated rings. The Balaban J connectivity index is 2.62. The van der Waals surface area contributed by atoms with Gasteiger partial charge in [0.05, 0.1) is 0 Å². The molecule has 0 saturated heterocycles. The summed E-state index contributed by atoms with van der Waals surface area (Å²) in [5.74, 6) is 1.01. The van der Waals surface area contributed by atoms with Gasteiger partial charge in [0.15, 0.2) is 0 Å². The predicted molar refractivity (Wildman–Crippen MR) is 59.5 cm³/mol. The van der Waals surface area contributed by atoms with Gasteiger partial charge in [-0.15, -0.1) is 0 Å². The van der Waals surface area contributed by atoms with E-state index in [4.69, 9.17) is 4.42 Å². The van der Waals surface area contributed by atoms with E-state index in [1.54, 1.807) is 0 Å². The summed E-state index contributed by atoms with van der Waals surface area (Å²) >= 11 is 0. The first kappa shape index (κ1) is 9.07. The van der Waals surface area contributed by atoms with Gasteiger partial charge in [0.2, 0.25) is 0 Å². The number of para-hydroxylation sites is 1. The molecule has 2 rings (SSSR count). The second-order valence-electron chi connectivity index (χ2n) is 3.77. The number of hydrogen-bond acceptors (Lipinski definition) is 1. The third-order valence-electron chi connectivity index (χ3n) is 2.38. The van der Waals surface area contributed by atoms with E-state index in [9.17, 15) is 0 Å². The fourth-order valence-corrected chi connectivity index (χ4v) is 1.74. The lowest BCUT2D eigenvalue weighted by molar-refractivity contribution is 0.573. The van der Waals surface area contributed by atoms with Crippen LogP contribution in [0.25, 0.3) is 11.0 Å². The summed E-state index contributed by atoms with van der Waals surface area (Å²) in [5.41, 5.74) is 3.41. The zero-order chi connectivity index (χ0) is 10.1. The van der Waals surface area contributed by atoms with Crippen LogP contribution in [0.4, 0.5) is 0 Å². The molecule has 0 spiro atoms. The fourth-order valence-electron chi connectivity index (χ4n) is 1.74. The van der Waals surface area contributed by atoms with Crippen molar-refractivity contribution in [1.29, 1.82) is 0 Å². The summed E-state index contributed by atoms with van der Waals surface area (Å²) < 4.78 is 5.66. The zero-order valence-corrected chi connectivity index (χ0v) is 8.63. The fraction of sp³-hybridized carbons (Fsp3) is 0.231. The molecule has 0 N–H and O–H groups in total. The van der Waals surface area contributed by atoms with Crippen molar-refractivity contribution in [3.8, 4) is 0 Å². The molecule has 1 heterocycles. The van der Waals surface area contributed by atoms with Gasteiger partial charge in [-0.2, -0.15) is 0 Å². The molecule has 0 radical (unpaired) electrons. The molecular formula is C13H14O. The summed E-state index contributed by atoms with van der Waals surface area (Å²) in [6.45, 7) is 7.99. The smallest absolute Gasteiger partial charge is 0.134 e. The first-order chi connectivity index (χ1) is 6.68. The second kappa shape index (κ2) is 3.33. The molecule has 1 heteroatoms. The summed E-state index contributed by atoms with van der Waals surface area (Å²) in [4.78, 5) is 0. The molecule has 2 aromatic rings. The van der Waals surface area contributed by atoms with Crippen molar-refractivity contribution in [1.82, 2.24) is 0 Å². The van der Waals surface area contributed by atoms with E-state index < -0.39 is 0 Å². The van der Waals surface area contributed by atoms with Gasteiger partial charge in [-0.3, -0.25) is 0 Å². The summed E-state index contributed by atoms with van der Waals surface area (Å²) in [7, 11) is 0. The van der Waals surface area contributed by atoms with Gasteiger partial charge in [0.1, 0.15) is 11.3 Å². The highest BCUT2D eigenvalue weighted by molar-refractivity contribution is 5.82. The molecule has 1 nitrogen and oxygen atoms in total. The average molecular weight is 186 g/mol. The van der Waals surface area contributed by atoms with Crippen LogP contribution in [-0.2, 0) is 6.42 Å². The van der Waals surface area contributed by atoms with Gasteiger partial charge >= 0.3 is 0 Å². The zero-order valence-electron chi connectivity index (χ0n) is 8.63. The Morgan fingerprint density at radius 3 is 2.79 bits per heavy atom. The first-order valence-corrected chi connectivity index (χ1v) is 4.80. The van der Waals surface area contributed by atoms with E-state index in [0.717, 1.165) is 17.8 Å². The third-order valence-corrected chi connectivity index (χ3v) is 2.38. The maximum atomic E-state index is 5.66. The molecule has 0 amide bonds. The van der Waals surface area contributed by atoms with Gasteiger partial charge in [-0.1, -0.05) is 30.4 Å². The minimum Gasteiger partial charge on any atom is -0.461 e. The van der Waals surface area contributed by atoms with Crippen LogP contribution in [-0.4, -0.2) is 0 Å². The van der Waals surface area contributed by atoms with E-state index in [1.165, 1.54) is 16.5 Å². The molecule has 0 unspecified atom stereocenters. The van der Waals surface area contributed by atoms with E-state index >= 15 is 0 Å². The van der Waals surface area contributed by atoms with Gasteiger partial charge in [-0.05, 0) is 26.3 Å². The van der Waals surface area contributed by atoms with Crippen LogP contribution in [0.1, 0.15) is 18.2 Å². The Bertz CT molecular complexity index is 477. The molecule has 0 aliphatic rings. The average Bonchev–Trinajstić information content (AvgIpc) is 2.43. The lowest BCUT2D eigenvalue weighted by atomic mass is 10.0. The van der Waals surface area contributed by atoms with E-state index in [2.05, 4.69) is 12.6 Å². The van der Waals surface area contributed by atoms with Crippen molar-refractivity contribution in [3.05, 3.63) is 47.7 Å². The number of allylic oxidation sites excluding steroid dienone is 1. The van der Waals surface area contributed by atoms with Crippen molar-refractivity contribution >= 4 is 11.0 Å². The Hall–Kier alpha value is -1.50. The second-order valence-corrected chi connectivity index (χ2v) is 3.77. The van der Waals surface area contributed by atoms with Crippen LogP contribution in [0.3, 0.4) is 0 Å². The quantitative estimate of drug-likeness (QED) is 0.649. The van der Waals surface area contributed by atoms with Gasteiger partial charge in [-0.25, -0.2) is 0 Å². The number of benzene rings is 1. The Kier molecular flexibility index (Phi) is 2.16. The minimum atomic E-state index is 0.906. The maximum absolute atomic E-state index is 5.66. The highest BCUT2D eigenvalue weighted by atomic mass is 16.3. The number of fused-ring (bicyclic) bond motifs is 1. The van der Waals surface area contributed by atoms with Crippen LogP contribution < -0.4 is 0 Å². The van der Waals surface area contributed by atoms with Crippen molar-refractivity contribution < 1.29 is 4.42 Å². The van der Waals surface area contributed by atoms with Crippen molar-refractivity contribution in [3.63, 3.8) is 0 Å². The van der Waals surface area contributed by atoms with E-state index in [1.807, 2.05) is 32.0 Å². The SMILES string of the molecule is C=C(C)Cc1c(C)oc2ccccc12. The highest BCUT2D eigenvalue weighted by Gasteiger charge is 2.09. The number of furan rings is 1. The molecule has 0 aliphatic carbocycles. The standard InChI is InChI=1S/C13H14O/c1-9(2)8-12-10(3)14-13-7-5-4-6-11(12)13/h4-7H,1,8H2,2-3H3.